The maximum Gasteiger partial charge on any atom is 0.287 e. The first-order valence-electron chi connectivity index (χ1n) is 7.19. The van der Waals surface area contributed by atoms with Crippen molar-refractivity contribution in [1.82, 2.24) is 9.78 Å². The third-order valence-corrected chi connectivity index (χ3v) is 3.68. The molecule has 1 aromatic heterocycles. The van der Waals surface area contributed by atoms with Crippen LogP contribution >= 0.6 is 11.6 Å². The fourth-order valence-electron chi connectivity index (χ4n) is 2.26. The second-order valence-corrected chi connectivity index (χ2v) is 6.00. The predicted octanol–water partition coefficient (Wildman–Crippen LogP) is 2.53. The molecule has 1 aliphatic heterocycles. The SMILES string of the molecule is CC(C)Cn1ncc(NCC2CCCCO2)c(Cl)c1=O. The Bertz CT molecular complexity index is 496. The minimum absolute atomic E-state index is 0.193. The maximum atomic E-state index is 12.1. The molecule has 1 unspecified atom stereocenters. The molecule has 1 saturated heterocycles. The number of ether oxygens (including phenoxy) is 1. The number of anilines is 1. The molecule has 1 atom stereocenters. The monoisotopic (exact) mass is 299 g/mol. The average Bonchev–Trinajstić information content (AvgIpc) is 2.44. The van der Waals surface area contributed by atoms with Crippen LogP contribution in [0.1, 0.15) is 33.1 Å². The van der Waals surface area contributed by atoms with Gasteiger partial charge < -0.3 is 10.1 Å². The summed E-state index contributed by atoms with van der Waals surface area (Å²) in [6.07, 6.45) is 5.17. The minimum Gasteiger partial charge on any atom is -0.380 e. The van der Waals surface area contributed by atoms with Gasteiger partial charge in [-0.2, -0.15) is 5.10 Å². The Hall–Kier alpha value is -1.07. The lowest BCUT2D eigenvalue weighted by atomic mass is 10.1. The van der Waals surface area contributed by atoms with E-state index in [4.69, 9.17) is 16.3 Å². The summed E-state index contributed by atoms with van der Waals surface area (Å²) in [4.78, 5) is 12.1. The molecule has 5 nitrogen and oxygen atoms in total. The number of hydrogen-bond acceptors (Lipinski definition) is 4. The lowest BCUT2D eigenvalue weighted by Crippen LogP contribution is -2.29. The van der Waals surface area contributed by atoms with Crippen LogP contribution in [-0.2, 0) is 11.3 Å². The van der Waals surface area contributed by atoms with Crippen LogP contribution in [-0.4, -0.2) is 29.0 Å². The Morgan fingerprint density at radius 3 is 3.00 bits per heavy atom. The molecule has 1 N–H and O–H groups in total. The molecule has 0 amide bonds. The Balaban J connectivity index is 2.01. The third kappa shape index (κ3) is 3.96. The summed E-state index contributed by atoms with van der Waals surface area (Å²) < 4.78 is 7.05. The largest absolute Gasteiger partial charge is 0.380 e. The highest BCUT2D eigenvalue weighted by Gasteiger charge is 2.15. The molecule has 1 aliphatic rings. The number of rotatable bonds is 5. The van der Waals surface area contributed by atoms with Crippen LogP contribution in [0.25, 0.3) is 0 Å². The fourth-order valence-corrected chi connectivity index (χ4v) is 2.47. The zero-order valence-electron chi connectivity index (χ0n) is 12.1. The summed E-state index contributed by atoms with van der Waals surface area (Å²) in [7, 11) is 0. The van der Waals surface area contributed by atoms with Crippen LogP contribution in [0, 0.1) is 5.92 Å². The van der Waals surface area contributed by atoms with Crippen LogP contribution in [0.15, 0.2) is 11.0 Å². The molecule has 0 bridgehead atoms. The Labute approximate surface area is 124 Å². The van der Waals surface area contributed by atoms with E-state index < -0.39 is 0 Å². The van der Waals surface area contributed by atoms with Gasteiger partial charge in [-0.3, -0.25) is 4.79 Å². The number of hydrogen-bond donors (Lipinski definition) is 1. The van der Waals surface area contributed by atoms with Gasteiger partial charge in [0.25, 0.3) is 5.56 Å². The van der Waals surface area contributed by atoms with Crippen LogP contribution in [0.5, 0.6) is 0 Å². The smallest absolute Gasteiger partial charge is 0.287 e. The second kappa shape index (κ2) is 7.09. The molecular formula is C14H22ClN3O2. The van der Waals surface area contributed by atoms with Crippen molar-refractivity contribution in [1.29, 1.82) is 0 Å². The molecule has 6 heteroatoms. The van der Waals surface area contributed by atoms with Gasteiger partial charge in [-0.25, -0.2) is 4.68 Å². The summed E-state index contributed by atoms with van der Waals surface area (Å²) in [5.41, 5.74) is 0.348. The highest BCUT2D eigenvalue weighted by Crippen LogP contribution is 2.18. The molecule has 0 aromatic carbocycles. The van der Waals surface area contributed by atoms with Crippen molar-refractivity contribution in [3.05, 3.63) is 21.6 Å². The van der Waals surface area contributed by atoms with Crippen LogP contribution < -0.4 is 10.9 Å². The normalized spacial score (nSPS) is 19.3. The third-order valence-electron chi connectivity index (χ3n) is 3.32. The van der Waals surface area contributed by atoms with E-state index in [1.54, 1.807) is 6.20 Å². The van der Waals surface area contributed by atoms with E-state index in [1.807, 2.05) is 13.8 Å². The van der Waals surface area contributed by atoms with Crippen molar-refractivity contribution in [3.63, 3.8) is 0 Å². The fraction of sp³-hybridized carbons (Fsp3) is 0.714. The molecular weight excluding hydrogens is 278 g/mol. The predicted molar refractivity (Wildman–Crippen MR) is 80.4 cm³/mol. The zero-order chi connectivity index (χ0) is 14.5. The van der Waals surface area contributed by atoms with E-state index >= 15 is 0 Å². The van der Waals surface area contributed by atoms with E-state index in [9.17, 15) is 4.79 Å². The van der Waals surface area contributed by atoms with Gasteiger partial charge in [0, 0.05) is 19.7 Å². The van der Waals surface area contributed by atoms with E-state index in [0.717, 1.165) is 19.4 Å². The Kier molecular flexibility index (Phi) is 5.43. The number of halogens is 1. The van der Waals surface area contributed by atoms with Crippen molar-refractivity contribution >= 4 is 17.3 Å². The van der Waals surface area contributed by atoms with Gasteiger partial charge in [0.05, 0.1) is 18.0 Å². The maximum absolute atomic E-state index is 12.1. The topological polar surface area (TPSA) is 56.1 Å². The van der Waals surface area contributed by atoms with Crippen molar-refractivity contribution < 1.29 is 4.74 Å². The standard InChI is InChI=1S/C14H22ClN3O2/c1-10(2)9-18-14(19)13(15)12(8-17-18)16-7-11-5-3-4-6-20-11/h8,10-11,16H,3-7,9H2,1-2H3. The summed E-state index contributed by atoms with van der Waals surface area (Å²) >= 11 is 6.12. The van der Waals surface area contributed by atoms with Crippen LogP contribution in [0.3, 0.4) is 0 Å². The van der Waals surface area contributed by atoms with Gasteiger partial charge in [-0.1, -0.05) is 25.4 Å². The lowest BCUT2D eigenvalue weighted by Gasteiger charge is -2.23. The van der Waals surface area contributed by atoms with Gasteiger partial charge >= 0.3 is 0 Å². The van der Waals surface area contributed by atoms with Gasteiger partial charge in [0.1, 0.15) is 5.02 Å². The van der Waals surface area contributed by atoms with Gasteiger partial charge in [0.15, 0.2) is 0 Å². The van der Waals surface area contributed by atoms with E-state index in [1.165, 1.54) is 11.1 Å². The van der Waals surface area contributed by atoms with Crippen molar-refractivity contribution in [3.8, 4) is 0 Å². The van der Waals surface area contributed by atoms with E-state index in [2.05, 4.69) is 10.4 Å². The quantitative estimate of drug-likeness (QED) is 0.908. The van der Waals surface area contributed by atoms with Crippen LogP contribution in [0.2, 0.25) is 5.02 Å². The Morgan fingerprint density at radius 1 is 1.55 bits per heavy atom. The first-order chi connectivity index (χ1) is 9.58. The van der Waals surface area contributed by atoms with E-state index in [-0.39, 0.29) is 16.7 Å². The molecule has 2 rings (SSSR count). The zero-order valence-corrected chi connectivity index (χ0v) is 12.8. The molecule has 1 aromatic rings. The average molecular weight is 300 g/mol. The summed E-state index contributed by atoms with van der Waals surface area (Å²) in [5, 5.41) is 7.54. The minimum atomic E-state index is -0.241. The molecule has 2 heterocycles. The molecule has 0 spiro atoms. The van der Waals surface area contributed by atoms with Gasteiger partial charge in [-0.15, -0.1) is 0 Å². The molecule has 0 aliphatic carbocycles. The van der Waals surface area contributed by atoms with Gasteiger partial charge in [-0.05, 0) is 25.2 Å². The first-order valence-corrected chi connectivity index (χ1v) is 7.57. The van der Waals surface area contributed by atoms with Crippen molar-refractivity contribution in [2.24, 2.45) is 5.92 Å². The number of nitrogens with one attached hydrogen (secondary N) is 1. The summed E-state index contributed by atoms with van der Waals surface area (Å²) in [6.45, 7) is 6.12. The number of nitrogens with zero attached hydrogens (tertiary/aromatic N) is 2. The summed E-state index contributed by atoms with van der Waals surface area (Å²) in [5.74, 6) is 0.353. The molecule has 1 fully saturated rings. The Morgan fingerprint density at radius 2 is 2.35 bits per heavy atom. The van der Waals surface area contributed by atoms with Crippen molar-refractivity contribution in [2.75, 3.05) is 18.5 Å². The van der Waals surface area contributed by atoms with Gasteiger partial charge in [0.2, 0.25) is 0 Å². The first kappa shape index (κ1) is 15.3. The molecule has 0 saturated carbocycles. The highest BCUT2D eigenvalue weighted by molar-refractivity contribution is 6.32. The molecule has 112 valence electrons. The second-order valence-electron chi connectivity index (χ2n) is 5.62. The molecule has 0 radical (unpaired) electrons. The molecule has 20 heavy (non-hydrogen) atoms. The lowest BCUT2D eigenvalue weighted by molar-refractivity contribution is 0.0247. The summed E-state index contributed by atoms with van der Waals surface area (Å²) in [6, 6.07) is 0. The number of aromatic nitrogens is 2. The van der Waals surface area contributed by atoms with Crippen molar-refractivity contribution in [2.45, 2.75) is 45.8 Å². The van der Waals surface area contributed by atoms with Crippen LogP contribution in [0.4, 0.5) is 5.69 Å². The highest BCUT2D eigenvalue weighted by atomic mass is 35.5. The van der Waals surface area contributed by atoms with E-state index in [0.29, 0.717) is 24.7 Å².